The topological polar surface area (TPSA) is 78.9 Å². The first-order valence-electron chi connectivity index (χ1n) is 4.87. The maximum atomic E-state index is 11.5. The molecule has 1 amide bonds. The van der Waals surface area contributed by atoms with E-state index in [2.05, 4.69) is 12.1 Å². The summed E-state index contributed by atoms with van der Waals surface area (Å²) in [7, 11) is 0. The lowest BCUT2D eigenvalue weighted by Gasteiger charge is -2.30. The van der Waals surface area contributed by atoms with Gasteiger partial charge in [0, 0.05) is 13.1 Å². The van der Waals surface area contributed by atoms with Crippen molar-refractivity contribution in [2.45, 2.75) is 26.2 Å². The maximum absolute atomic E-state index is 11.5. The second-order valence-electron chi connectivity index (χ2n) is 3.83. The van der Waals surface area contributed by atoms with Crippen LogP contribution in [-0.4, -0.2) is 34.9 Å². The molecule has 0 unspecified atom stereocenters. The van der Waals surface area contributed by atoms with Gasteiger partial charge in [-0.25, -0.2) is 0 Å². The number of oxime groups is 1. The second-order valence-corrected chi connectivity index (χ2v) is 3.83. The third kappa shape index (κ3) is 2.90. The molecular weight excluding hydrogens is 182 g/mol. The molecule has 3 N–H and O–H groups in total. The van der Waals surface area contributed by atoms with Gasteiger partial charge in [0.1, 0.15) is 5.84 Å². The Morgan fingerprint density at radius 1 is 1.57 bits per heavy atom. The molecule has 0 spiro atoms. The van der Waals surface area contributed by atoms with Crippen molar-refractivity contribution in [3.8, 4) is 0 Å². The molecule has 0 aromatic carbocycles. The normalized spacial score (nSPS) is 19.8. The average molecular weight is 199 g/mol. The van der Waals surface area contributed by atoms with Crippen LogP contribution in [0.1, 0.15) is 26.2 Å². The molecule has 0 radical (unpaired) electrons. The van der Waals surface area contributed by atoms with Crippen LogP contribution in [0.3, 0.4) is 0 Å². The van der Waals surface area contributed by atoms with Crippen molar-refractivity contribution in [2.24, 2.45) is 16.8 Å². The molecule has 0 aromatic rings. The Morgan fingerprint density at radius 3 is 2.64 bits per heavy atom. The molecule has 1 aliphatic heterocycles. The summed E-state index contributed by atoms with van der Waals surface area (Å²) in [5.74, 6) is 0.628. The van der Waals surface area contributed by atoms with Gasteiger partial charge in [-0.1, -0.05) is 12.1 Å². The van der Waals surface area contributed by atoms with Crippen molar-refractivity contribution >= 4 is 11.7 Å². The van der Waals surface area contributed by atoms with Crippen molar-refractivity contribution < 1.29 is 10.0 Å². The summed E-state index contributed by atoms with van der Waals surface area (Å²) in [5.41, 5.74) is 5.26. The fourth-order valence-electron chi connectivity index (χ4n) is 1.56. The Morgan fingerprint density at radius 2 is 2.14 bits per heavy atom. The van der Waals surface area contributed by atoms with E-state index < -0.39 is 0 Å². The van der Waals surface area contributed by atoms with Gasteiger partial charge < -0.3 is 15.8 Å². The quantitative estimate of drug-likeness (QED) is 0.292. The van der Waals surface area contributed by atoms with Gasteiger partial charge in [-0.15, -0.1) is 0 Å². The first-order valence-corrected chi connectivity index (χ1v) is 4.87. The molecule has 1 saturated heterocycles. The zero-order chi connectivity index (χ0) is 10.6. The van der Waals surface area contributed by atoms with E-state index in [1.807, 2.05) is 0 Å². The number of piperidine rings is 1. The summed E-state index contributed by atoms with van der Waals surface area (Å²) in [4.78, 5) is 13.3. The van der Waals surface area contributed by atoms with Crippen LogP contribution in [0.25, 0.3) is 0 Å². The molecule has 1 rings (SSSR count). The Hall–Kier alpha value is -1.26. The minimum atomic E-state index is -0.0489. The number of rotatable bonds is 2. The monoisotopic (exact) mass is 199 g/mol. The highest BCUT2D eigenvalue weighted by atomic mass is 16.4. The van der Waals surface area contributed by atoms with Gasteiger partial charge in [0.25, 0.3) is 0 Å². The zero-order valence-corrected chi connectivity index (χ0v) is 8.44. The van der Waals surface area contributed by atoms with Crippen LogP contribution in [0, 0.1) is 5.92 Å². The highest BCUT2D eigenvalue weighted by Crippen LogP contribution is 2.16. The molecule has 5 heteroatoms. The second kappa shape index (κ2) is 4.83. The van der Waals surface area contributed by atoms with E-state index in [1.165, 1.54) is 0 Å². The van der Waals surface area contributed by atoms with Gasteiger partial charge in [-0.2, -0.15) is 0 Å². The van der Waals surface area contributed by atoms with Crippen molar-refractivity contribution in [3.63, 3.8) is 0 Å². The number of hydrogen-bond donors (Lipinski definition) is 2. The van der Waals surface area contributed by atoms with Gasteiger partial charge in [0.05, 0.1) is 6.42 Å². The van der Waals surface area contributed by atoms with Crippen LogP contribution >= 0.6 is 0 Å². The van der Waals surface area contributed by atoms with E-state index in [1.54, 1.807) is 4.90 Å². The van der Waals surface area contributed by atoms with Gasteiger partial charge >= 0.3 is 0 Å². The standard InChI is InChI=1S/C9H17N3O2/c1-7-2-4-12(5-3-7)9(13)6-8(10)11-14/h7,14H,2-6H2,1H3,(H2,10,11). The summed E-state index contributed by atoms with van der Waals surface area (Å²) in [6.45, 7) is 3.77. The number of nitrogens with two attached hydrogens (primary N) is 1. The van der Waals surface area contributed by atoms with E-state index in [4.69, 9.17) is 10.9 Å². The fraction of sp³-hybridized carbons (Fsp3) is 0.778. The molecule has 0 atom stereocenters. The zero-order valence-electron chi connectivity index (χ0n) is 8.44. The number of hydrogen-bond acceptors (Lipinski definition) is 3. The Balaban J connectivity index is 2.38. The lowest BCUT2D eigenvalue weighted by Crippen LogP contribution is -2.39. The molecule has 0 bridgehead atoms. The predicted octanol–water partition coefficient (Wildman–Crippen LogP) is 0.381. The first-order chi connectivity index (χ1) is 6.63. The minimum Gasteiger partial charge on any atom is -0.409 e. The van der Waals surface area contributed by atoms with Crippen molar-refractivity contribution in [3.05, 3.63) is 0 Å². The fourth-order valence-corrected chi connectivity index (χ4v) is 1.56. The minimum absolute atomic E-state index is 0.0187. The van der Waals surface area contributed by atoms with Crippen LogP contribution < -0.4 is 5.73 Å². The highest BCUT2D eigenvalue weighted by molar-refractivity contribution is 5.98. The summed E-state index contributed by atoms with van der Waals surface area (Å²) in [6, 6.07) is 0. The molecule has 0 aromatic heterocycles. The summed E-state index contributed by atoms with van der Waals surface area (Å²) in [5, 5.41) is 11.1. The maximum Gasteiger partial charge on any atom is 0.230 e. The van der Waals surface area contributed by atoms with E-state index in [9.17, 15) is 4.79 Å². The SMILES string of the molecule is CC1CCN(C(=O)C/C(N)=N/O)CC1. The van der Waals surface area contributed by atoms with E-state index in [-0.39, 0.29) is 18.2 Å². The smallest absolute Gasteiger partial charge is 0.230 e. The number of nitrogens with zero attached hydrogens (tertiary/aromatic N) is 2. The van der Waals surface area contributed by atoms with E-state index >= 15 is 0 Å². The van der Waals surface area contributed by atoms with Crippen LogP contribution in [0.5, 0.6) is 0 Å². The molecule has 1 heterocycles. The van der Waals surface area contributed by atoms with Crippen molar-refractivity contribution in [1.29, 1.82) is 0 Å². The number of carbonyl (C=O) groups is 1. The Kier molecular flexibility index (Phi) is 3.73. The Bertz CT molecular complexity index is 232. The number of amides is 1. The molecule has 5 nitrogen and oxygen atoms in total. The lowest BCUT2D eigenvalue weighted by molar-refractivity contribution is -0.131. The molecular formula is C9H17N3O2. The number of carbonyl (C=O) groups excluding carboxylic acids is 1. The summed E-state index contributed by atoms with van der Waals surface area (Å²) in [6.07, 6.45) is 2.11. The predicted molar refractivity (Wildman–Crippen MR) is 53.0 cm³/mol. The number of amidine groups is 1. The molecule has 0 aliphatic carbocycles. The van der Waals surface area contributed by atoms with Gasteiger partial charge in [-0.3, -0.25) is 4.79 Å². The van der Waals surface area contributed by atoms with E-state index in [0.717, 1.165) is 25.9 Å². The van der Waals surface area contributed by atoms with Crippen LogP contribution in [-0.2, 0) is 4.79 Å². The lowest BCUT2D eigenvalue weighted by atomic mass is 9.99. The van der Waals surface area contributed by atoms with Crippen molar-refractivity contribution in [1.82, 2.24) is 4.90 Å². The molecule has 14 heavy (non-hydrogen) atoms. The molecule has 1 aliphatic rings. The molecule has 0 saturated carbocycles. The van der Waals surface area contributed by atoms with Crippen LogP contribution in [0.4, 0.5) is 0 Å². The molecule has 1 fully saturated rings. The van der Waals surface area contributed by atoms with Gasteiger partial charge in [-0.05, 0) is 18.8 Å². The van der Waals surface area contributed by atoms with Gasteiger partial charge in [0.15, 0.2) is 0 Å². The summed E-state index contributed by atoms with van der Waals surface area (Å²) >= 11 is 0. The largest absolute Gasteiger partial charge is 0.409 e. The Labute approximate surface area is 83.6 Å². The average Bonchev–Trinajstić information content (AvgIpc) is 2.18. The third-order valence-electron chi connectivity index (χ3n) is 2.60. The van der Waals surface area contributed by atoms with Crippen molar-refractivity contribution in [2.75, 3.05) is 13.1 Å². The van der Waals surface area contributed by atoms with E-state index in [0.29, 0.717) is 5.92 Å². The molecule has 80 valence electrons. The third-order valence-corrected chi connectivity index (χ3v) is 2.60. The van der Waals surface area contributed by atoms with Gasteiger partial charge in [0.2, 0.25) is 5.91 Å². The first kappa shape index (κ1) is 10.8. The highest BCUT2D eigenvalue weighted by Gasteiger charge is 2.20. The number of likely N-dealkylation sites (tertiary alicyclic amines) is 1. The summed E-state index contributed by atoms with van der Waals surface area (Å²) < 4.78 is 0. The van der Waals surface area contributed by atoms with Crippen LogP contribution in [0.2, 0.25) is 0 Å². The van der Waals surface area contributed by atoms with Crippen LogP contribution in [0.15, 0.2) is 5.16 Å².